The van der Waals surface area contributed by atoms with Gasteiger partial charge >= 0.3 is 0 Å². The monoisotopic (exact) mass is 324 g/mol. The van der Waals surface area contributed by atoms with Crippen LogP contribution in [-0.2, 0) is 0 Å². The molecule has 0 saturated carbocycles. The summed E-state index contributed by atoms with van der Waals surface area (Å²) in [6, 6.07) is 1.20. The maximum Gasteiger partial charge on any atom is 0.0551 e. The highest BCUT2D eigenvalue weighted by Crippen LogP contribution is 2.31. The number of aliphatic imine (C=N–C) groups is 1. The Morgan fingerprint density at radius 2 is 1.26 bits per heavy atom. The van der Waals surface area contributed by atoms with E-state index in [1.165, 1.54) is 12.1 Å². The van der Waals surface area contributed by atoms with E-state index in [1.54, 1.807) is 0 Å². The fourth-order valence-electron chi connectivity index (χ4n) is 2.86. The molecule has 0 heterocycles. The van der Waals surface area contributed by atoms with Crippen molar-refractivity contribution < 1.29 is 0 Å². The van der Waals surface area contributed by atoms with Gasteiger partial charge in [-0.05, 0) is 72.1 Å². The smallest absolute Gasteiger partial charge is 0.0551 e. The molecule has 0 aromatic rings. The predicted octanol–water partition coefficient (Wildman–Crippen LogP) is 6.20. The molecule has 0 N–H and O–H groups in total. The van der Waals surface area contributed by atoms with Crippen LogP contribution in [0.1, 0.15) is 95.9 Å². The molecule has 0 aliphatic carbocycles. The molecule has 2 heteroatoms. The molecule has 0 aromatic carbocycles. The Balaban J connectivity index is 4.87. The summed E-state index contributed by atoms with van der Waals surface area (Å²) in [6.07, 6.45) is 2.34. The quantitative estimate of drug-likeness (QED) is 0.485. The average molecular weight is 325 g/mol. The zero-order valence-corrected chi connectivity index (χ0v) is 18.2. The van der Waals surface area contributed by atoms with Gasteiger partial charge in [0.25, 0.3) is 0 Å². The zero-order valence-electron chi connectivity index (χ0n) is 18.2. The lowest BCUT2D eigenvalue weighted by atomic mass is 9.81. The summed E-state index contributed by atoms with van der Waals surface area (Å²) in [4.78, 5) is 7.64. The van der Waals surface area contributed by atoms with Gasteiger partial charge in [-0.3, -0.25) is 9.89 Å². The Morgan fingerprint density at radius 1 is 0.826 bits per heavy atom. The van der Waals surface area contributed by atoms with Crippen LogP contribution in [0.5, 0.6) is 0 Å². The van der Waals surface area contributed by atoms with E-state index >= 15 is 0 Å². The molecule has 0 aliphatic heterocycles. The third kappa shape index (κ3) is 8.88. The van der Waals surface area contributed by atoms with Gasteiger partial charge in [0.05, 0.1) is 5.54 Å². The van der Waals surface area contributed by atoms with Crippen LogP contribution in [0.3, 0.4) is 0 Å². The van der Waals surface area contributed by atoms with E-state index < -0.39 is 0 Å². The van der Waals surface area contributed by atoms with Gasteiger partial charge in [0.1, 0.15) is 0 Å². The minimum Gasteiger partial charge on any atom is -0.298 e. The molecule has 0 unspecified atom stereocenters. The number of hydrogen-bond acceptors (Lipinski definition) is 2. The molecular weight excluding hydrogens is 280 g/mol. The molecule has 0 fully saturated rings. The lowest BCUT2D eigenvalue weighted by molar-refractivity contribution is 0.101. The molecule has 0 radical (unpaired) electrons. The summed E-state index contributed by atoms with van der Waals surface area (Å²) in [7, 11) is 0. The molecule has 0 aliphatic rings. The molecule has 0 atom stereocenters. The predicted molar refractivity (Wildman–Crippen MR) is 107 cm³/mol. The van der Waals surface area contributed by atoms with Crippen LogP contribution < -0.4 is 0 Å². The topological polar surface area (TPSA) is 15.6 Å². The molecule has 0 amide bonds. The van der Waals surface area contributed by atoms with Crippen LogP contribution in [-0.4, -0.2) is 34.8 Å². The van der Waals surface area contributed by atoms with E-state index in [2.05, 4.69) is 88.0 Å². The number of nitrogens with zero attached hydrogens (tertiary/aromatic N) is 2. The van der Waals surface area contributed by atoms with Crippen molar-refractivity contribution in [2.75, 3.05) is 6.54 Å². The van der Waals surface area contributed by atoms with Crippen molar-refractivity contribution in [2.24, 2.45) is 15.8 Å². The van der Waals surface area contributed by atoms with Gasteiger partial charge in [-0.2, -0.15) is 0 Å². The van der Waals surface area contributed by atoms with Crippen LogP contribution in [0.15, 0.2) is 4.99 Å². The lowest BCUT2D eigenvalue weighted by Crippen LogP contribution is -2.43. The minimum absolute atomic E-state index is 0.0229. The summed E-state index contributed by atoms with van der Waals surface area (Å²) in [5.41, 5.74) is 1.76. The van der Waals surface area contributed by atoms with Crippen molar-refractivity contribution >= 4 is 5.71 Å². The van der Waals surface area contributed by atoms with Crippen molar-refractivity contribution in [3.05, 3.63) is 0 Å². The summed E-state index contributed by atoms with van der Waals surface area (Å²) < 4.78 is 0. The van der Waals surface area contributed by atoms with E-state index in [0.717, 1.165) is 13.0 Å². The van der Waals surface area contributed by atoms with Gasteiger partial charge in [0.15, 0.2) is 0 Å². The van der Waals surface area contributed by atoms with Crippen LogP contribution in [0.2, 0.25) is 0 Å². The highest BCUT2D eigenvalue weighted by atomic mass is 15.2. The fraction of sp³-hybridized carbons (Fsp3) is 0.952. The Labute approximate surface area is 147 Å². The molecule has 0 bridgehead atoms. The van der Waals surface area contributed by atoms with Crippen LogP contribution >= 0.6 is 0 Å². The standard InChI is InChI=1S/C21H44N2/c1-16(2)23(17(3)4)15-20(9,10)13-14-21(11,12)22-18(5)19(6,7)8/h16-17H,13-15H2,1-12H3. The fourth-order valence-corrected chi connectivity index (χ4v) is 2.86. The molecule has 23 heavy (non-hydrogen) atoms. The van der Waals surface area contributed by atoms with Gasteiger partial charge in [0, 0.05) is 24.3 Å². The first-order chi connectivity index (χ1) is 10.1. The summed E-state index contributed by atoms with van der Waals surface area (Å²) in [5.74, 6) is 0. The average Bonchev–Trinajstić information content (AvgIpc) is 2.32. The maximum absolute atomic E-state index is 5.04. The van der Waals surface area contributed by atoms with Crippen molar-refractivity contribution in [2.45, 2.75) is 114 Å². The summed E-state index contributed by atoms with van der Waals surface area (Å²) >= 11 is 0. The Bertz CT molecular complexity index is 373. The molecular formula is C21H44N2. The Kier molecular flexibility index (Phi) is 8.01. The molecule has 0 rings (SSSR count). The highest BCUT2D eigenvalue weighted by Gasteiger charge is 2.28. The van der Waals surface area contributed by atoms with Crippen LogP contribution in [0.25, 0.3) is 0 Å². The van der Waals surface area contributed by atoms with Crippen LogP contribution in [0.4, 0.5) is 0 Å². The van der Waals surface area contributed by atoms with E-state index in [9.17, 15) is 0 Å². The Hall–Kier alpha value is -0.370. The molecule has 2 nitrogen and oxygen atoms in total. The second-order valence-corrected chi connectivity index (χ2v) is 10.3. The van der Waals surface area contributed by atoms with Crippen molar-refractivity contribution in [3.63, 3.8) is 0 Å². The van der Waals surface area contributed by atoms with Gasteiger partial charge in [-0.15, -0.1) is 0 Å². The first kappa shape index (κ1) is 22.6. The van der Waals surface area contributed by atoms with E-state index in [0.29, 0.717) is 17.5 Å². The second-order valence-electron chi connectivity index (χ2n) is 10.3. The third-order valence-electron chi connectivity index (χ3n) is 4.91. The number of hydrogen-bond donors (Lipinski definition) is 0. The maximum atomic E-state index is 5.04. The SMILES string of the molecule is CC(=NC(C)(C)CCC(C)(C)CN(C(C)C)C(C)C)C(C)(C)C. The molecule has 0 aromatic heterocycles. The Morgan fingerprint density at radius 3 is 1.61 bits per heavy atom. The summed E-state index contributed by atoms with van der Waals surface area (Å²) in [5, 5.41) is 0. The first-order valence-electron chi connectivity index (χ1n) is 9.40. The first-order valence-corrected chi connectivity index (χ1v) is 9.40. The third-order valence-corrected chi connectivity index (χ3v) is 4.91. The van der Waals surface area contributed by atoms with E-state index in [-0.39, 0.29) is 11.0 Å². The van der Waals surface area contributed by atoms with Crippen molar-refractivity contribution in [3.8, 4) is 0 Å². The van der Waals surface area contributed by atoms with Gasteiger partial charge < -0.3 is 0 Å². The minimum atomic E-state index is 0.0229. The van der Waals surface area contributed by atoms with E-state index in [1.807, 2.05) is 0 Å². The zero-order chi connectivity index (χ0) is 18.6. The van der Waals surface area contributed by atoms with Crippen molar-refractivity contribution in [1.29, 1.82) is 0 Å². The van der Waals surface area contributed by atoms with Crippen LogP contribution in [0, 0.1) is 10.8 Å². The molecule has 0 spiro atoms. The largest absolute Gasteiger partial charge is 0.298 e. The van der Waals surface area contributed by atoms with Gasteiger partial charge in [-0.1, -0.05) is 34.6 Å². The lowest BCUT2D eigenvalue weighted by Gasteiger charge is -2.39. The second kappa shape index (κ2) is 8.14. The normalized spacial score (nSPS) is 15.2. The number of rotatable bonds is 8. The van der Waals surface area contributed by atoms with Gasteiger partial charge in [0.2, 0.25) is 0 Å². The van der Waals surface area contributed by atoms with E-state index in [4.69, 9.17) is 4.99 Å². The highest BCUT2D eigenvalue weighted by molar-refractivity contribution is 5.87. The molecule has 138 valence electrons. The van der Waals surface area contributed by atoms with Gasteiger partial charge in [-0.25, -0.2) is 0 Å². The summed E-state index contributed by atoms with van der Waals surface area (Å²) in [6.45, 7) is 28.6. The molecule has 0 saturated heterocycles. The van der Waals surface area contributed by atoms with Crippen molar-refractivity contribution in [1.82, 2.24) is 4.90 Å².